The van der Waals surface area contributed by atoms with Crippen molar-refractivity contribution in [3.05, 3.63) is 22.7 Å². The number of methoxy groups -OCH3 is 1. The van der Waals surface area contributed by atoms with Gasteiger partial charge in [-0.2, -0.15) is 0 Å². The second-order valence-electron chi connectivity index (χ2n) is 5.60. The average Bonchev–Trinajstić information content (AvgIpc) is 2.41. The maximum absolute atomic E-state index is 12.2. The van der Waals surface area contributed by atoms with Crippen LogP contribution in [0, 0.1) is 12.8 Å². The van der Waals surface area contributed by atoms with Crippen LogP contribution in [0.25, 0.3) is 0 Å². The van der Waals surface area contributed by atoms with Crippen molar-refractivity contribution in [3.63, 3.8) is 0 Å². The lowest BCUT2D eigenvalue weighted by molar-refractivity contribution is -0.119. The molecule has 1 rings (SSSR count). The highest BCUT2D eigenvalue weighted by molar-refractivity contribution is 6.31. The predicted octanol–water partition coefficient (Wildman–Crippen LogP) is 3.75. The van der Waals surface area contributed by atoms with E-state index < -0.39 is 0 Å². The monoisotopic (exact) mass is 312 g/mol. The van der Waals surface area contributed by atoms with Crippen LogP contribution in [0.4, 0.5) is 5.69 Å². The van der Waals surface area contributed by atoms with Gasteiger partial charge in [0.05, 0.1) is 12.8 Å². The van der Waals surface area contributed by atoms with Crippen LogP contribution in [0.2, 0.25) is 5.02 Å². The molecular weight excluding hydrogens is 288 g/mol. The number of hydrogen-bond acceptors (Lipinski definition) is 3. The van der Waals surface area contributed by atoms with Crippen LogP contribution in [-0.2, 0) is 4.79 Å². The Bertz CT molecular complexity index is 489. The van der Waals surface area contributed by atoms with Gasteiger partial charge >= 0.3 is 0 Å². The van der Waals surface area contributed by atoms with Crippen molar-refractivity contribution in [3.8, 4) is 5.75 Å². The van der Waals surface area contributed by atoms with Crippen LogP contribution in [0.1, 0.15) is 38.7 Å². The third-order valence-electron chi connectivity index (χ3n) is 3.48. The van der Waals surface area contributed by atoms with E-state index in [0.717, 1.165) is 24.8 Å². The molecule has 0 radical (unpaired) electrons. The smallest absolute Gasteiger partial charge is 0.227 e. The number of benzene rings is 1. The largest absolute Gasteiger partial charge is 0.495 e. The van der Waals surface area contributed by atoms with Crippen LogP contribution in [0.15, 0.2) is 12.1 Å². The molecule has 0 aliphatic rings. The number of carbonyl (C=O) groups is 1. The lowest BCUT2D eigenvalue weighted by atomic mass is 10.0. The van der Waals surface area contributed by atoms with E-state index in [2.05, 4.69) is 5.32 Å². The van der Waals surface area contributed by atoms with Crippen LogP contribution in [-0.4, -0.2) is 19.1 Å². The molecule has 4 nitrogen and oxygen atoms in total. The zero-order valence-electron chi connectivity index (χ0n) is 13.2. The number of ether oxygens (including phenoxy) is 1. The van der Waals surface area contributed by atoms with Crippen molar-refractivity contribution >= 4 is 23.2 Å². The summed E-state index contributed by atoms with van der Waals surface area (Å²) in [6.45, 7) is 5.79. The molecule has 1 aromatic rings. The zero-order chi connectivity index (χ0) is 16.0. The first-order chi connectivity index (χ1) is 9.85. The molecule has 0 fully saturated rings. The molecule has 0 bridgehead atoms. The summed E-state index contributed by atoms with van der Waals surface area (Å²) in [6.07, 6.45) is 2.70. The molecule has 2 unspecified atom stereocenters. The van der Waals surface area contributed by atoms with Gasteiger partial charge in [-0.15, -0.1) is 0 Å². The van der Waals surface area contributed by atoms with E-state index in [4.69, 9.17) is 22.1 Å². The van der Waals surface area contributed by atoms with E-state index in [1.165, 1.54) is 0 Å². The molecule has 0 saturated heterocycles. The van der Waals surface area contributed by atoms with E-state index in [1.54, 1.807) is 13.2 Å². The van der Waals surface area contributed by atoms with Gasteiger partial charge in [-0.3, -0.25) is 4.79 Å². The minimum absolute atomic E-state index is 0.0142. The fourth-order valence-corrected chi connectivity index (χ4v) is 2.22. The molecule has 1 amide bonds. The van der Waals surface area contributed by atoms with Crippen molar-refractivity contribution in [2.24, 2.45) is 11.7 Å². The molecule has 0 aromatic heterocycles. The molecule has 0 saturated carbocycles. The summed E-state index contributed by atoms with van der Waals surface area (Å²) < 4.78 is 5.26. The zero-order valence-corrected chi connectivity index (χ0v) is 14.0. The van der Waals surface area contributed by atoms with Gasteiger partial charge in [0.15, 0.2) is 0 Å². The topological polar surface area (TPSA) is 64.3 Å². The van der Waals surface area contributed by atoms with Crippen molar-refractivity contribution in [1.82, 2.24) is 0 Å². The third-order valence-corrected chi connectivity index (χ3v) is 3.89. The van der Waals surface area contributed by atoms with Crippen LogP contribution in [0.3, 0.4) is 0 Å². The van der Waals surface area contributed by atoms with Gasteiger partial charge in [0.2, 0.25) is 5.91 Å². The van der Waals surface area contributed by atoms with Crippen LogP contribution in [0.5, 0.6) is 5.75 Å². The second kappa shape index (κ2) is 8.25. The summed E-state index contributed by atoms with van der Waals surface area (Å²) in [5.74, 6) is 0.492. The van der Waals surface area contributed by atoms with E-state index in [1.807, 2.05) is 26.8 Å². The van der Waals surface area contributed by atoms with Gasteiger partial charge in [0.25, 0.3) is 0 Å². The average molecular weight is 313 g/mol. The van der Waals surface area contributed by atoms with Gasteiger partial charge in [0.1, 0.15) is 5.75 Å². The standard InChI is InChI=1S/C16H25ClN2O2/c1-10(6-5-7-12(3)18)16(20)19-14-8-11(2)13(17)9-15(14)21-4/h8-10,12H,5-7,18H2,1-4H3,(H,19,20). The fourth-order valence-electron chi connectivity index (χ4n) is 2.06. The van der Waals surface area contributed by atoms with Gasteiger partial charge in [0, 0.05) is 23.0 Å². The molecule has 0 aliphatic heterocycles. The highest BCUT2D eigenvalue weighted by atomic mass is 35.5. The first kappa shape index (κ1) is 17.8. The van der Waals surface area contributed by atoms with Gasteiger partial charge in [-0.05, 0) is 38.3 Å². The fraction of sp³-hybridized carbons (Fsp3) is 0.562. The Labute approximate surface area is 132 Å². The summed E-state index contributed by atoms with van der Waals surface area (Å²) in [6, 6.07) is 3.72. The summed E-state index contributed by atoms with van der Waals surface area (Å²) in [7, 11) is 1.56. The number of anilines is 1. The number of halogens is 1. The van der Waals surface area contributed by atoms with Crippen molar-refractivity contribution < 1.29 is 9.53 Å². The molecule has 2 atom stereocenters. The first-order valence-electron chi connectivity index (χ1n) is 7.25. The van der Waals surface area contributed by atoms with Gasteiger partial charge in [-0.25, -0.2) is 0 Å². The number of amides is 1. The second-order valence-corrected chi connectivity index (χ2v) is 6.01. The Morgan fingerprint density at radius 2 is 2.05 bits per heavy atom. The summed E-state index contributed by atoms with van der Waals surface area (Å²) in [5.41, 5.74) is 7.27. The molecule has 3 N–H and O–H groups in total. The van der Waals surface area contributed by atoms with Gasteiger partial charge in [-0.1, -0.05) is 24.9 Å². The molecular formula is C16H25ClN2O2. The molecule has 0 heterocycles. The summed E-state index contributed by atoms with van der Waals surface area (Å²) in [4.78, 5) is 12.2. The van der Waals surface area contributed by atoms with E-state index >= 15 is 0 Å². The number of nitrogens with two attached hydrogens (primary N) is 1. The summed E-state index contributed by atoms with van der Waals surface area (Å²) >= 11 is 6.06. The Hall–Kier alpha value is -1.26. The van der Waals surface area contributed by atoms with Crippen molar-refractivity contribution in [2.45, 2.75) is 46.1 Å². The molecule has 1 aromatic carbocycles. The number of hydrogen-bond donors (Lipinski definition) is 2. The Balaban J connectivity index is 2.67. The minimum Gasteiger partial charge on any atom is -0.495 e. The first-order valence-corrected chi connectivity index (χ1v) is 7.63. The maximum atomic E-state index is 12.2. The third kappa shape index (κ3) is 5.56. The molecule has 0 aliphatic carbocycles. The van der Waals surface area contributed by atoms with Gasteiger partial charge < -0.3 is 15.8 Å². The Morgan fingerprint density at radius 1 is 1.38 bits per heavy atom. The molecule has 5 heteroatoms. The molecule has 21 heavy (non-hydrogen) atoms. The number of carbonyl (C=O) groups excluding carboxylic acids is 1. The number of aryl methyl sites for hydroxylation is 1. The highest BCUT2D eigenvalue weighted by Gasteiger charge is 2.16. The van der Waals surface area contributed by atoms with Crippen LogP contribution < -0.4 is 15.8 Å². The SMILES string of the molecule is COc1cc(Cl)c(C)cc1NC(=O)C(C)CCCC(C)N. The quantitative estimate of drug-likeness (QED) is 0.806. The number of nitrogens with one attached hydrogen (secondary N) is 1. The molecule has 118 valence electrons. The van der Waals surface area contributed by atoms with Crippen molar-refractivity contribution in [2.75, 3.05) is 12.4 Å². The van der Waals surface area contributed by atoms with Crippen molar-refractivity contribution in [1.29, 1.82) is 0 Å². The van der Waals surface area contributed by atoms with Crippen LogP contribution >= 0.6 is 11.6 Å². The highest BCUT2D eigenvalue weighted by Crippen LogP contribution is 2.31. The Morgan fingerprint density at radius 3 is 2.62 bits per heavy atom. The Kier molecular flexibility index (Phi) is 6.99. The van der Waals surface area contributed by atoms with E-state index in [0.29, 0.717) is 16.5 Å². The van der Waals surface area contributed by atoms with E-state index in [9.17, 15) is 4.79 Å². The normalized spacial score (nSPS) is 13.6. The molecule has 0 spiro atoms. The number of rotatable bonds is 7. The lowest BCUT2D eigenvalue weighted by Gasteiger charge is -2.16. The minimum atomic E-state index is -0.0653. The predicted molar refractivity (Wildman–Crippen MR) is 88.0 cm³/mol. The lowest BCUT2D eigenvalue weighted by Crippen LogP contribution is -2.22. The summed E-state index contributed by atoms with van der Waals surface area (Å²) in [5, 5.41) is 3.53. The van der Waals surface area contributed by atoms with E-state index in [-0.39, 0.29) is 17.9 Å². The maximum Gasteiger partial charge on any atom is 0.227 e.